The van der Waals surface area contributed by atoms with Crippen molar-refractivity contribution < 1.29 is 14.3 Å². The summed E-state index contributed by atoms with van der Waals surface area (Å²) in [6.07, 6.45) is 3.31. The van der Waals surface area contributed by atoms with Crippen molar-refractivity contribution in [1.82, 2.24) is 4.90 Å². The highest BCUT2D eigenvalue weighted by Gasteiger charge is 2.16. The van der Waals surface area contributed by atoms with E-state index in [4.69, 9.17) is 9.47 Å². The Morgan fingerprint density at radius 2 is 1.47 bits per heavy atom. The lowest BCUT2D eigenvalue weighted by molar-refractivity contribution is -0.135. The van der Waals surface area contributed by atoms with Gasteiger partial charge in [0.05, 0.1) is 18.4 Å². The monoisotopic (exact) mass is 491 g/mol. The van der Waals surface area contributed by atoms with E-state index in [9.17, 15) is 4.79 Å². The summed E-state index contributed by atoms with van der Waals surface area (Å²) in [5.41, 5.74) is 3.54. The topological polar surface area (TPSA) is 38.8 Å². The molecule has 0 heterocycles. The van der Waals surface area contributed by atoms with Crippen molar-refractivity contribution >= 4 is 5.97 Å². The number of hydrogen-bond donors (Lipinski definition) is 0. The van der Waals surface area contributed by atoms with Gasteiger partial charge in [-0.2, -0.15) is 0 Å². The van der Waals surface area contributed by atoms with Crippen LogP contribution < -0.4 is 0 Å². The van der Waals surface area contributed by atoms with E-state index in [1.807, 2.05) is 55.5 Å². The lowest BCUT2D eigenvalue weighted by Gasteiger charge is -2.28. The molecule has 1 atom stereocenters. The Morgan fingerprint density at radius 1 is 0.944 bits per heavy atom. The number of nitrogens with zero attached hydrogens (tertiary/aromatic N) is 1. The lowest BCUT2D eigenvalue weighted by Crippen LogP contribution is -2.36. The molecule has 0 radical (unpaired) electrons. The summed E-state index contributed by atoms with van der Waals surface area (Å²) in [7, 11) is 1.36. The normalized spacial score (nSPS) is 13.0. The van der Waals surface area contributed by atoms with Gasteiger partial charge >= 0.3 is 5.97 Å². The van der Waals surface area contributed by atoms with Crippen molar-refractivity contribution in [3.05, 3.63) is 107 Å². The number of methoxy groups -OCH3 is 1. The van der Waals surface area contributed by atoms with Crippen molar-refractivity contribution in [2.45, 2.75) is 73.1 Å². The Balaban J connectivity index is 0.000000613. The fourth-order valence-corrected chi connectivity index (χ4v) is 4.12. The molecule has 0 aromatic heterocycles. The third-order valence-electron chi connectivity index (χ3n) is 6.11. The molecule has 0 aliphatic heterocycles. The fourth-order valence-electron chi connectivity index (χ4n) is 4.12. The van der Waals surface area contributed by atoms with Crippen LogP contribution in [0.2, 0.25) is 0 Å². The van der Waals surface area contributed by atoms with Gasteiger partial charge in [0.25, 0.3) is 0 Å². The van der Waals surface area contributed by atoms with Gasteiger partial charge in [-0.05, 0) is 63.9 Å². The van der Waals surface area contributed by atoms with E-state index in [0.717, 1.165) is 29.0 Å². The van der Waals surface area contributed by atoms with Crippen molar-refractivity contribution in [3.63, 3.8) is 0 Å². The number of rotatable bonds is 11. The summed E-state index contributed by atoms with van der Waals surface area (Å²) >= 11 is 0. The zero-order valence-corrected chi connectivity index (χ0v) is 23.5. The van der Waals surface area contributed by atoms with Gasteiger partial charge in [-0.1, -0.05) is 87.2 Å². The molecule has 0 unspecified atom stereocenters. The van der Waals surface area contributed by atoms with Crippen LogP contribution in [0.25, 0.3) is 0 Å². The molecule has 2 aromatic rings. The summed E-state index contributed by atoms with van der Waals surface area (Å²) < 4.78 is 10.9. The molecule has 0 aliphatic rings. The number of allylic oxidation sites excluding steroid dienone is 3. The minimum absolute atomic E-state index is 0.0431. The average Bonchev–Trinajstić information content (AvgIpc) is 2.88. The molecule has 2 aromatic carbocycles. The maximum atomic E-state index is 12.0. The van der Waals surface area contributed by atoms with Crippen LogP contribution in [0.15, 0.2) is 96.3 Å². The third kappa shape index (κ3) is 10.2. The smallest absolute Gasteiger partial charge is 0.337 e. The van der Waals surface area contributed by atoms with Gasteiger partial charge in [0.15, 0.2) is 0 Å². The third-order valence-corrected chi connectivity index (χ3v) is 6.11. The molecule has 0 spiro atoms. The Labute approximate surface area is 219 Å². The SMILES string of the molecule is C=C/C(=C\C(=C(/C)OCc1ccccc1)[C@H](C)c1ccccc1)C(=O)OC.CCN(C(C)C)C(C)C. The molecular weight excluding hydrogens is 446 g/mol. The number of carbonyl (C=O) groups excluding carboxylic acids is 1. The van der Waals surface area contributed by atoms with E-state index in [-0.39, 0.29) is 5.92 Å². The molecule has 0 amide bonds. The Kier molecular flexibility index (Phi) is 14.2. The largest absolute Gasteiger partial charge is 0.493 e. The summed E-state index contributed by atoms with van der Waals surface area (Å²) in [5, 5.41) is 0. The highest BCUT2D eigenvalue weighted by atomic mass is 16.5. The van der Waals surface area contributed by atoms with Crippen LogP contribution in [0.5, 0.6) is 0 Å². The van der Waals surface area contributed by atoms with Gasteiger partial charge in [-0.3, -0.25) is 4.90 Å². The van der Waals surface area contributed by atoms with E-state index in [1.54, 1.807) is 6.08 Å². The van der Waals surface area contributed by atoms with Gasteiger partial charge in [-0.25, -0.2) is 4.79 Å². The standard InChI is InChI=1S/C24H26O3.C8H19N/c1-5-21(24(25)26-4)16-23(18(2)22-14-10-7-11-15-22)19(3)27-17-20-12-8-6-9-13-20;1-6-9(7(2)3)8(4)5/h5-16,18H,1,17H2,2-4H3;7-8H,6H2,1-5H3/b21-16+,23-19-;/t18-;/m1./s1. The number of benzene rings is 2. The molecule has 196 valence electrons. The first-order valence-electron chi connectivity index (χ1n) is 12.8. The van der Waals surface area contributed by atoms with E-state index < -0.39 is 5.97 Å². The maximum absolute atomic E-state index is 12.0. The molecule has 2 rings (SSSR count). The molecule has 0 aliphatic carbocycles. The second kappa shape index (κ2) is 16.5. The first-order valence-corrected chi connectivity index (χ1v) is 12.8. The first kappa shape index (κ1) is 30.9. The van der Waals surface area contributed by atoms with Crippen molar-refractivity contribution in [1.29, 1.82) is 0 Å². The van der Waals surface area contributed by atoms with Crippen molar-refractivity contribution in [3.8, 4) is 0 Å². The van der Waals surface area contributed by atoms with Gasteiger partial charge in [-0.15, -0.1) is 0 Å². The minimum Gasteiger partial charge on any atom is -0.493 e. The molecule has 0 bridgehead atoms. The molecule has 4 heteroatoms. The van der Waals surface area contributed by atoms with E-state index in [2.05, 4.69) is 65.2 Å². The van der Waals surface area contributed by atoms with E-state index in [0.29, 0.717) is 24.3 Å². The molecule has 0 saturated heterocycles. The van der Waals surface area contributed by atoms with Gasteiger partial charge in [0, 0.05) is 18.0 Å². The minimum atomic E-state index is -0.418. The zero-order chi connectivity index (χ0) is 27.1. The number of ether oxygens (including phenoxy) is 2. The molecule has 0 saturated carbocycles. The Bertz CT molecular complexity index is 967. The average molecular weight is 492 g/mol. The van der Waals surface area contributed by atoms with Gasteiger partial charge < -0.3 is 9.47 Å². The van der Waals surface area contributed by atoms with Crippen LogP contribution in [-0.2, 0) is 20.9 Å². The summed E-state index contributed by atoms with van der Waals surface area (Å²) in [5.74, 6) is 0.388. The number of carbonyl (C=O) groups is 1. The second-order valence-corrected chi connectivity index (χ2v) is 9.23. The number of hydrogen-bond acceptors (Lipinski definition) is 4. The van der Waals surface area contributed by atoms with Crippen LogP contribution in [0.4, 0.5) is 0 Å². The van der Waals surface area contributed by atoms with Crippen molar-refractivity contribution in [2.24, 2.45) is 0 Å². The quantitative estimate of drug-likeness (QED) is 0.140. The van der Waals surface area contributed by atoms with Crippen LogP contribution in [0, 0.1) is 0 Å². The Morgan fingerprint density at radius 3 is 1.89 bits per heavy atom. The number of esters is 1. The predicted molar refractivity (Wildman–Crippen MR) is 152 cm³/mol. The Hall–Kier alpha value is -3.11. The second-order valence-electron chi connectivity index (χ2n) is 9.23. The maximum Gasteiger partial charge on any atom is 0.337 e. The van der Waals surface area contributed by atoms with Gasteiger partial charge in [0.1, 0.15) is 6.61 Å². The summed E-state index contributed by atoms with van der Waals surface area (Å²) in [6.45, 7) is 20.5. The van der Waals surface area contributed by atoms with Gasteiger partial charge in [0.2, 0.25) is 0 Å². The van der Waals surface area contributed by atoms with E-state index in [1.165, 1.54) is 13.2 Å². The lowest BCUT2D eigenvalue weighted by atomic mass is 9.90. The van der Waals surface area contributed by atoms with E-state index >= 15 is 0 Å². The molecule has 4 nitrogen and oxygen atoms in total. The van der Waals surface area contributed by atoms with Crippen LogP contribution in [0.3, 0.4) is 0 Å². The van der Waals surface area contributed by atoms with Crippen molar-refractivity contribution in [2.75, 3.05) is 13.7 Å². The highest BCUT2D eigenvalue weighted by molar-refractivity contribution is 5.92. The highest BCUT2D eigenvalue weighted by Crippen LogP contribution is 2.29. The van der Waals surface area contributed by atoms with Crippen LogP contribution in [-0.4, -0.2) is 36.6 Å². The first-order chi connectivity index (χ1) is 17.2. The summed E-state index contributed by atoms with van der Waals surface area (Å²) in [4.78, 5) is 14.5. The molecule has 0 fully saturated rings. The summed E-state index contributed by atoms with van der Waals surface area (Å²) in [6, 6.07) is 21.5. The fraction of sp³-hybridized carbons (Fsp3) is 0.406. The molecule has 36 heavy (non-hydrogen) atoms. The molecule has 0 N–H and O–H groups in total. The zero-order valence-electron chi connectivity index (χ0n) is 23.5. The molecular formula is C32H45NO3. The predicted octanol–water partition coefficient (Wildman–Crippen LogP) is 7.69. The van der Waals surface area contributed by atoms with Crippen LogP contribution in [0.1, 0.15) is 65.5 Å². The van der Waals surface area contributed by atoms with Crippen LogP contribution >= 0.6 is 0 Å².